The molecule has 2 nitrogen and oxygen atoms in total. The van der Waals surface area contributed by atoms with Crippen LogP contribution in [0.3, 0.4) is 0 Å². The van der Waals surface area contributed by atoms with Gasteiger partial charge in [-0.2, -0.15) is 0 Å². The minimum absolute atomic E-state index is 0.00593. The zero-order valence-electron chi connectivity index (χ0n) is 5.57. The molecule has 0 spiro atoms. The first kappa shape index (κ1) is 8.80. The number of rotatable bonds is 1. The Labute approximate surface area is 83.4 Å². The normalized spacial score (nSPS) is 9.64. The van der Waals surface area contributed by atoms with Gasteiger partial charge in [0.15, 0.2) is 0 Å². The molecule has 0 bridgehead atoms. The van der Waals surface area contributed by atoms with Gasteiger partial charge in [0.25, 0.3) is 0 Å². The fourth-order valence-electron chi connectivity index (χ4n) is 0.708. The van der Waals surface area contributed by atoms with E-state index in [2.05, 4.69) is 22.6 Å². The molecule has 0 heterocycles. The van der Waals surface area contributed by atoms with E-state index in [-0.39, 0.29) is 5.84 Å². The van der Waals surface area contributed by atoms with E-state index in [1.54, 1.807) is 12.1 Å². The van der Waals surface area contributed by atoms with Crippen molar-refractivity contribution in [2.45, 2.75) is 0 Å². The van der Waals surface area contributed by atoms with Crippen molar-refractivity contribution in [2.75, 3.05) is 0 Å². The first-order valence-corrected chi connectivity index (χ1v) is 4.36. The van der Waals surface area contributed by atoms with Crippen molar-refractivity contribution in [1.29, 1.82) is 5.41 Å². The van der Waals surface area contributed by atoms with Gasteiger partial charge in [0.2, 0.25) is 0 Å². The molecular formula is C7H6ClIN2. The minimum atomic E-state index is 0.00593. The largest absolute Gasteiger partial charge is 0.384 e. The van der Waals surface area contributed by atoms with Gasteiger partial charge in [-0.25, -0.2) is 0 Å². The molecule has 0 fully saturated rings. The summed E-state index contributed by atoms with van der Waals surface area (Å²) in [4.78, 5) is 0. The van der Waals surface area contributed by atoms with E-state index in [4.69, 9.17) is 22.7 Å². The van der Waals surface area contributed by atoms with Crippen LogP contribution in [0.1, 0.15) is 5.56 Å². The molecule has 3 N–H and O–H groups in total. The Kier molecular flexibility index (Phi) is 2.72. The smallest absolute Gasteiger partial charge is 0.124 e. The highest BCUT2D eigenvalue weighted by atomic mass is 127. The van der Waals surface area contributed by atoms with Crippen molar-refractivity contribution in [3.63, 3.8) is 0 Å². The van der Waals surface area contributed by atoms with E-state index >= 15 is 0 Å². The van der Waals surface area contributed by atoms with Gasteiger partial charge >= 0.3 is 0 Å². The second-order valence-corrected chi connectivity index (χ2v) is 3.69. The van der Waals surface area contributed by atoms with Crippen LogP contribution in [-0.2, 0) is 0 Å². The molecule has 4 heteroatoms. The summed E-state index contributed by atoms with van der Waals surface area (Å²) in [6.07, 6.45) is 0. The maximum absolute atomic E-state index is 7.14. The zero-order chi connectivity index (χ0) is 8.43. The van der Waals surface area contributed by atoms with Crippen LogP contribution < -0.4 is 5.73 Å². The summed E-state index contributed by atoms with van der Waals surface area (Å²) in [6.45, 7) is 0. The molecule has 0 aliphatic heterocycles. The van der Waals surface area contributed by atoms with Gasteiger partial charge < -0.3 is 5.73 Å². The number of halogens is 2. The molecule has 1 rings (SSSR count). The summed E-state index contributed by atoms with van der Waals surface area (Å²) >= 11 is 7.95. The molecule has 0 radical (unpaired) electrons. The SMILES string of the molecule is N=C(N)c1ccc(I)cc1Cl. The van der Waals surface area contributed by atoms with Crippen LogP contribution in [0.4, 0.5) is 0 Å². The van der Waals surface area contributed by atoms with Crippen LogP contribution in [0.25, 0.3) is 0 Å². The van der Waals surface area contributed by atoms with E-state index < -0.39 is 0 Å². The molecule has 58 valence electrons. The van der Waals surface area contributed by atoms with Crippen LogP contribution in [-0.4, -0.2) is 5.84 Å². The Bertz CT molecular complexity index is 298. The monoisotopic (exact) mass is 280 g/mol. The fraction of sp³-hybridized carbons (Fsp3) is 0. The average molecular weight is 280 g/mol. The Hall–Kier alpha value is -0.290. The van der Waals surface area contributed by atoms with Crippen molar-refractivity contribution in [3.8, 4) is 0 Å². The van der Waals surface area contributed by atoms with Gasteiger partial charge in [-0.1, -0.05) is 11.6 Å². The Morgan fingerprint density at radius 2 is 2.18 bits per heavy atom. The molecule has 0 aromatic heterocycles. The van der Waals surface area contributed by atoms with E-state index in [1.807, 2.05) is 6.07 Å². The predicted octanol–water partition coefficient (Wildman–Crippen LogP) is 2.23. The Morgan fingerprint density at radius 3 is 2.64 bits per heavy atom. The molecular weight excluding hydrogens is 274 g/mol. The van der Waals surface area contributed by atoms with Crippen LogP contribution in [0.15, 0.2) is 18.2 Å². The van der Waals surface area contributed by atoms with Gasteiger partial charge in [0, 0.05) is 9.13 Å². The maximum Gasteiger partial charge on any atom is 0.124 e. The number of amidine groups is 1. The lowest BCUT2D eigenvalue weighted by Crippen LogP contribution is -2.11. The summed E-state index contributed by atoms with van der Waals surface area (Å²) in [7, 11) is 0. The maximum atomic E-state index is 7.14. The van der Waals surface area contributed by atoms with E-state index in [1.165, 1.54) is 0 Å². The minimum Gasteiger partial charge on any atom is -0.384 e. The van der Waals surface area contributed by atoms with E-state index in [0.717, 1.165) is 3.57 Å². The van der Waals surface area contributed by atoms with Crippen LogP contribution in [0, 0.1) is 8.98 Å². The molecule has 0 amide bonds. The van der Waals surface area contributed by atoms with Crippen LogP contribution >= 0.6 is 34.2 Å². The average Bonchev–Trinajstić information content (AvgIpc) is 1.85. The number of nitrogens with one attached hydrogen (secondary N) is 1. The number of hydrogen-bond donors (Lipinski definition) is 2. The Balaban J connectivity index is 3.20. The molecule has 0 unspecified atom stereocenters. The molecule has 1 aromatic rings. The molecule has 0 saturated carbocycles. The van der Waals surface area contributed by atoms with Crippen LogP contribution in [0.5, 0.6) is 0 Å². The summed E-state index contributed by atoms with van der Waals surface area (Å²) in [5.74, 6) is 0.00593. The van der Waals surface area contributed by atoms with Crippen molar-refractivity contribution in [2.24, 2.45) is 5.73 Å². The van der Waals surface area contributed by atoms with Gasteiger partial charge in [0.1, 0.15) is 5.84 Å². The third kappa shape index (κ3) is 2.07. The lowest BCUT2D eigenvalue weighted by molar-refractivity contribution is 1.42. The molecule has 1 aromatic carbocycles. The summed E-state index contributed by atoms with van der Waals surface area (Å²) in [6, 6.07) is 5.38. The van der Waals surface area contributed by atoms with Crippen molar-refractivity contribution in [3.05, 3.63) is 32.4 Å². The highest BCUT2D eigenvalue weighted by molar-refractivity contribution is 14.1. The summed E-state index contributed by atoms with van der Waals surface area (Å²) in [5, 5.41) is 7.67. The first-order chi connectivity index (χ1) is 5.11. The number of benzene rings is 1. The third-order valence-electron chi connectivity index (χ3n) is 1.22. The molecule has 0 aliphatic rings. The van der Waals surface area contributed by atoms with Crippen molar-refractivity contribution >= 4 is 40.0 Å². The second kappa shape index (κ2) is 3.40. The lowest BCUT2D eigenvalue weighted by atomic mass is 10.2. The van der Waals surface area contributed by atoms with E-state index in [0.29, 0.717) is 10.6 Å². The first-order valence-electron chi connectivity index (χ1n) is 2.90. The number of nitrogens with two attached hydrogens (primary N) is 1. The number of nitrogen functional groups attached to an aromatic ring is 1. The lowest BCUT2D eigenvalue weighted by Gasteiger charge is -2.00. The molecule has 0 saturated heterocycles. The summed E-state index contributed by atoms with van der Waals surface area (Å²) < 4.78 is 1.04. The van der Waals surface area contributed by atoms with Gasteiger partial charge in [-0.05, 0) is 40.8 Å². The standard InChI is InChI=1S/C7H6ClIN2/c8-6-3-4(9)1-2-5(6)7(10)11/h1-3H,(H3,10,11). The van der Waals surface area contributed by atoms with Gasteiger partial charge in [0.05, 0.1) is 5.02 Å². The zero-order valence-corrected chi connectivity index (χ0v) is 8.48. The highest BCUT2D eigenvalue weighted by Crippen LogP contribution is 2.18. The topological polar surface area (TPSA) is 49.9 Å². The second-order valence-electron chi connectivity index (χ2n) is 2.04. The third-order valence-corrected chi connectivity index (χ3v) is 2.21. The quantitative estimate of drug-likeness (QED) is 0.462. The summed E-state index contributed by atoms with van der Waals surface area (Å²) in [5.41, 5.74) is 5.85. The van der Waals surface area contributed by atoms with E-state index in [9.17, 15) is 0 Å². The predicted molar refractivity (Wildman–Crippen MR) is 55.2 cm³/mol. The van der Waals surface area contributed by atoms with Crippen molar-refractivity contribution < 1.29 is 0 Å². The highest BCUT2D eigenvalue weighted by Gasteiger charge is 2.02. The molecule has 0 aliphatic carbocycles. The molecule has 11 heavy (non-hydrogen) atoms. The number of hydrogen-bond acceptors (Lipinski definition) is 1. The van der Waals surface area contributed by atoms with Gasteiger partial charge in [-0.15, -0.1) is 0 Å². The van der Waals surface area contributed by atoms with Gasteiger partial charge in [-0.3, -0.25) is 5.41 Å². The fourth-order valence-corrected chi connectivity index (χ4v) is 1.67. The van der Waals surface area contributed by atoms with Crippen LogP contribution in [0.2, 0.25) is 5.02 Å². The molecule has 0 atom stereocenters. The van der Waals surface area contributed by atoms with Crippen molar-refractivity contribution in [1.82, 2.24) is 0 Å². The Morgan fingerprint density at radius 1 is 1.55 bits per heavy atom.